The van der Waals surface area contributed by atoms with Crippen LogP contribution in [0.15, 0.2) is 41.2 Å². The number of rotatable bonds is 2. The second-order valence-corrected chi connectivity index (χ2v) is 11.6. The number of piperazine rings is 1. The Morgan fingerprint density at radius 1 is 1.03 bits per heavy atom. The summed E-state index contributed by atoms with van der Waals surface area (Å²) in [4.78, 5) is 48.9. The lowest BCUT2D eigenvalue weighted by Crippen LogP contribution is -2.65. The van der Waals surface area contributed by atoms with Crippen molar-refractivity contribution in [2.24, 2.45) is 0 Å². The van der Waals surface area contributed by atoms with Gasteiger partial charge in [-0.1, -0.05) is 44.8 Å². The number of carbonyl (C=O) groups excluding carboxylic acids is 2. The molecule has 1 aromatic heterocycles. The monoisotopic (exact) mass is 550 g/mol. The van der Waals surface area contributed by atoms with E-state index in [-0.39, 0.29) is 35.1 Å². The maximum atomic E-state index is 13.3. The van der Waals surface area contributed by atoms with Gasteiger partial charge < -0.3 is 19.5 Å². The standard InChI is InChI=1S/C23H20Cl2N4O4S2/c1-12(30)28-6-7-29(19-11-35-34-10-18(19)28)23(32)33-20-5-3-14(25)9-16(20)21-26-17-4-2-13(24)8-15(17)22(31)27-21/h2-5,8-9,18-19H,6-7,10-11H2,1H3,(H,26,27,31)/t18-,19-/m1/s1. The van der Waals surface area contributed by atoms with E-state index in [1.54, 1.807) is 69.8 Å². The highest BCUT2D eigenvalue weighted by molar-refractivity contribution is 8.76. The smallest absolute Gasteiger partial charge is 0.409 e. The molecule has 0 unspecified atom stereocenters. The SMILES string of the molecule is CC(=O)N1CCN(C(=O)Oc2ccc(Cl)cc2-c2nc3ccc(Cl)cc3c(=O)[nH]2)[C@@H]2CSSC[C@H]21. The topological polar surface area (TPSA) is 95.6 Å². The van der Waals surface area contributed by atoms with Crippen LogP contribution in [0.5, 0.6) is 5.75 Å². The van der Waals surface area contributed by atoms with Crippen LogP contribution in [0.2, 0.25) is 10.0 Å². The molecular weight excluding hydrogens is 531 g/mol. The minimum atomic E-state index is -0.519. The molecule has 2 atom stereocenters. The molecule has 0 aliphatic carbocycles. The second kappa shape index (κ2) is 9.93. The van der Waals surface area contributed by atoms with Crippen LogP contribution in [0.25, 0.3) is 22.3 Å². The molecule has 2 aromatic carbocycles. The number of hydrogen-bond acceptors (Lipinski definition) is 7. The van der Waals surface area contributed by atoms with Crippen LogP contribution in [-0.2, 0) is 4.79 Å². The van der Waals surface area contributed by atoms with Gasteiger partial charge in [0.05, 0.1) is 28.6 Å². The van der Waals surface area contributed by atoms with Gasteiger partial charge in [0.25, 0.3) is 5.56 Å². The predicted octanol–water partition coefficient (Wildman–Crippen LogP) is 4.69. The first-order valence-electron chi connectivity index (χ1n) is 10.8. The van der Waals surface area contributed by atoms with Crippen molar-refractivity contribution >= 4 is 67.7 Å². The molecule has 0 spiro atoms. The summed E-state index contributed by atoms with van der Waals surface area (Å²) in [5, 5.41) is 1.18. The average Bonchev–Trinajstić information content (AvgIpc) is 2.84. The molecule has 2 saturated heterocycles. The molecular formula is C23H20Cl2N4O4S2. The van der Waals surface area contributed by atoms with E-state index in [0.717, 1.165) is 5.75 Å². The number of H-pyrrole nitrogens is 1. The summed E-state index contributed by atoms with van der Waals surface area (Å²) in [5.74, 6) is 1.90. The molecule has 0 saturated carbocycles. The minimum absolute atomic E-state index is 0.00752. The highest BCUT2D eigenvalue weighted by atomic mass is 35.5. The lowest BCUT2D eigenvalue weighted by Gasteiger charge is -2.48. The van der Waals surface area contributed by atoms with Crippen LogP contribution >= 0.6 is 44.8 Å². The number of ether oxygens (including phenoxy) is 1. The Morgan fingerprint density at radius 3 is 2.43 bits per heavy atom. The Labute approximate surface area is 218 Å². The first-order valence-corrected chi connectivity index (χ1v) is 14.1. The zero-order valence-corrected chi connectivity index (χ0v) is 21.6. The summed E-state index contributed by atoms with van der Waals surface area (Å²) in [5.41, 5.74) is 0.460. The third-order valence-corrected chi connectivity index (χ3v) is 9.00. The number of amides is 2. The summed E-state index contributed by atoms with van der Waals surface area (Å²) < 4.78 is 5.84. The van der Waals surface area contributed by atoms with E-state index in [2.05, 4.69) is 9.97 Å². The van der Waals surface area contributed by atoms with Gasteiger partial charge in [-0.2, -0.15) is 0 Å². The molecule has 3 aromatic rings. The van der Waals surface area contributed by atoms with E-state index in [1.165, 1.54) is 0 Å². The zero-order chi connectivity index (χ0) is 24.7. The van der Waals surface area contributed by atoms with Gasteiger partial charge in [0, 0.05) is 41.6 Å². The molecule has 182 valence electrons. The quantitative estimate of drug-likeness (QED) is 0.462. The summed E-state index contributed by atoms with van der Waals surface area (Å²) in [6.45, 7) is 2.38. The fourth-order valence-electron chi connectivity index (χ4n) is 4.39. The van der Waals surface area contributed by atoms with Gasteiger partial charge in [-0.25, -0.2) is 9.78 Å². The summed E-state index contributed by atoms with van der Waals surface area (Å²) in [7, 11) is 3.38. The van der Waals surface area contributed by atoms with Gasteiger partial charge in [-0.15, -0.1) is 0 Å². The number of fused-ring (bicyclic) bond motifs is 2. The summed E-state index contributed by atoms with van der Waals surface area (Å²) in [6, 6.07) is 9.42. The number of carbonyl (C=O) groups is 2. The Kier molecular flexibility index (Phi) is 6.89. The predicted molar refractivity (Wildman–Crippen MR) is 140 cm³/mol. The van der Waals surface area contributed by atoms with E-state index in [4.69, 9.17) is 27.9 Å². The fourth-order valence-corrected chi connectivity index (χ4v) is 7.42. The van der Waals surface area contributed by atoms with Gasteiger partial charge in [0.15, 0.2) is 0 Å². The van der Waals surface area contributed by atoms with Gasteiger partial charge in [0.1, 0.15) is 11.6 Å². The number of halogens is 2. The van der Waals surface area contributed by atoms with E-state index < -0.39 is 6.09 Å². The molecule has 12 heteroatoms. The molecule has 2 amide bonds. The van der Waals surface area contributed by atoms with Crippen molar-refractivity contribution in [3.05, 3.63) is 56.8 Å². The van der Waals surface area contributed by atoms with Crippen molar-refractivity contribution in [1.29, 1.82) is 0 Å². The van der Waals surface area contributed by atoms with Crippen LogP contribution in [0, 0.1) is 0 Å². The maximum Gasteiger partial charge on any atom is 0.415 e. The van der Waals surface area contributed by atoms with Crippen molar-refractivity contribution < 1.29 is 14.3 Å². The molecule has 3 heterocycles. The normalized spacial score (nSPS) is 20.0. The van der Waals surface area contributed by atoms with Gasteiger partial charge in [-0.3, -0.25) is 9.59 Å². The summed E-state index contributed by atoms with van der Waals surface area (Å²) in [6.07, 6.45) is -0.519. The van der Waals surface area contributed by atoms with Crippen LogP contribution < -0.4 is 10.3 Å². The second-order valence-electron chi connectivity index (χ2n) is 8.19. The number of aromatic amines is 1. The first-order chi connectivity index (χ1) is 16.8. The average molecular weight is 551 g/mol. The molecule has 2 aliphatic rings. The lowest BCUT2D eigenvalue weighted by molar-refractivity contribution is -0.134. The van der Waals surface area contributed by atoms with Crippen LogP contribution in [0.4, 0.5) is 4.79 Å². The van der Waals surface area contributed by atoms with Gasteiger partial charge >= 0.3 is 6.09 Å². The van der Waals surface area contributed by atoms with E-state index >= 15 is 0 Å². The first kappa shape index (κ1) is 24.3. The van der Waals surface area contributed by atoms with Gasteiger partial charge in [0.2, 0.25) is 5.91 Å². The Bertz CT molecular complexity index is 1390. The van der Waals surface area contributed by atoms with Gasteiger partial charge in [-0.05, 0) is 36.4 Å². The zero-order valence-electron chi connectivity index (χ0n) is 18.5. The van der Waals surface area contributed by atoms with Crippen LogP contribution in [-0.4, -0.2) is 68.4 Å². The highest BCUT2D eigenvalue weighted by Crippen LogP contribution is 2.37. The Hall–Kier alpha value is -2.40. The van der Waals surface area contributed by atoms with E-state index in [9.17, 15) is 14.4 Å². The van der Waals surface area contributed by atoms with Crippen molar-refractivity contribution in [1.82, 2.24) is 19.8 Å². The maximum absolute atomic E-state index is 13.3. The molecule has 0 bridgehead atoms. The van der Waals surface area contributed by atoms with Crippen molar-refractivity contribution in [2.45, 2.75) is 19.0 Å². The Balaban J connectivity index is 1.47. The third kappa shape index (κ3) is 4.84. The molecule has 35 heavy (non-hydrogen) atoms. The van der Waals surface area contributed by atoms with Crippen LogP contribution in [0.3, 0.4) is 0 Å². The third-order valence-electron chi connectivity index (χ3n) is 6.09. The fraction of sp³-hybridized carbons (Fsp3) is 0.304. The van der Waals surface area contributed by atoms with E-state index in [1.807, 2.05) is 4.90 Å². The number of nitrogens with zero attached hydrogens (tertiary/aromatic N) is 3. The molecule has 8 nitrogen and oxygen atoms in total. The number of hydrogen-bond donors (Lipinski definition) is 1. The minimum Gasteiger partial charge on any atom is -0.409 e. The number of nitrogens with one attached hydrogen (secondary N) is 1. The summed E-state index contributed by atoms with van der Waals surface area (Å²) >= 11 is 12.3. The van der Waals surface area contributed by atoms with Crippen molar-refractivity contribution in [3.8, 4) is 17.1 Å². The molecule has 5 rings (SSSR count). The van der Waals surface area contributed by atoms with Crippen molar-refractivity contribution in [3.63, 3.8) is 0 Å². The van der Waals surface area contributed by atoms with Crippen LogP contribution in [0.1, 0.15) is 6.92 Å². The number of benzene rings is 2. The van der Waals surface area contributed by atoms with E-state index in [0.29, 0.717) is 45.4 Å². The molecule has 0 radical (unpaired) electrons. The Morgan fingerprint density at radius 2 is 1.69 bits per heavy atom. The van der Waals surface area contributed by atoms with Crippen molar-refractivity contribution in [2.75, 3.05) is 24.6 Å². The largest absolute Gasteiger partial charge is 0.415 e. The molecule has 1 N–H and O–H groups in total. The number of aromatic nitrogens is 2. The highest BCUT2D eigenvalue weighted by Gasteiger charge is 2.42. The lowest BCUT2D eigenvalue weighted by atomic mass is 10.0. The molecule has 2 aliphatic heterocycles. The molecule has 2 fully saturated rings.